The summed E-state index contributed by atoms with van der Waals surface area (Å²) in [6.45, 7) is -0.207. The van der Waals surface area contributed by atoms with Crippen molar-refractivity contribution in [1.82, 2.24) is 9.97 Å². The summed E-state index contributed by atoms with van der Waals surface area (Å²) in [6, 6.07) is 3.76. The molecule has 1 aromatic carbocycles. The molecule has 0 saturated heterocycles. The van der Waals surface area contributed by atoms with Crippen LogP contribution in [0.1, 0.15) is 5.56 Å². The molecule has 1 aromatic heterocycles. The number of anilines is 1. The number of nitrogens with one attached hydrogen (secondary N) is 2. The Morgan fingerprint density at radius 3 is 2.83 bits per heavy atom. The molecule has 0 bridgehead atoms. The second kappa shape index (κ2) is 4.75. The summed E-state index contributed by atoms with van der Waals surface area (Å²) in [7, 11) is -3.91. The lowest BCUT2D eigenvalue weighted by atomic mass is 10.2. The second-order valence-corrected chi connectivity index (χ2v) is 5.11. The van der Waals surface area contributed by atoms with E-state index in [4.69, 9.17) is 5.73 Å². The van der Waals surface area contributed by atoms with E-state index < -0.39 is 15.8 Å². The van der Waals surface area contributed by atoms with Crippen LogP contribution < -0.4 is 10.5 Å². The summed E-state index contributed by atoms with van der Waals surface area (Å²) in [5.41, 5.74) is 5.31. The van der Waals surface area contributed by atoms with E-state index in [0.717, 1.165) is 6.07 Å². The molecule has 4 N–H and O–H groups in total. The van der Waals surface area contributed by atoms with E-state index >= 15 is 0 Å². The Labute approximate surface area is 103 Å². The first-order valence-corrected chi connectivity index (χ1v) is 6.52. The van der Waals surface area contributed by atoms with Crippen molar-refractivity contribution in [3.8, 4) is 0 Å². The highest BCUT2D eigenvalue weighted by molar-refractivity contribution is 7.92. The van der Waals surface area contributed by atoms with Crippen molar-refractivity contribution >= 4 is 16.0 Å². The molecule has 0 aliphatic carbocycles. The van der Waals surface area contributed by atoms with Crippen molar-refractivity contribution < 1.29 is 12.8 Å². The summed E-state index contributed by atoms with van der Waals surface area (Å²) < 4.78 is 39.7. The van der Waals surface area contributed by atoms with Crippen molar-refractivity contribution in [3.63, 3.8) is 0 Å². The third-order valence-electron chi connectivity index (χ3n) is 2.30. The van der Waals surface area contributed by atoms with E-state index in [1.807, 2.05) is 0 Å². The van der Waals surface area contributed by atoms with Gasteiger partial charge in [-0.05, 0) is 12.1 Å². The van der Waals surface area contributed by atoms with E-state index in [0.29, 0.717) is 0 Å². The summed E-state index contributed by atoms with van der Waals surface area (Å²) >= 11 is 0. The molecule has 0 amide bonds. The fraction of sp³-hybridized carbons (Fsp3) is 0.100. The van der Waals surface area contributed by atoms with Gasteiger partial charge in [-0.3, -0.25) is 0 Å². The van der Waals surface area contributed by atoms with E-state index in [2.05, 4.69) is 14.7 Å². The monoisotopic (exact) mass is 270 g/mol. The number of H-pyrrole nitrogens is 1. The number of imidazole rings is 1. The molecule has 2 rings (SSSR count). The Morgan fingerprint density at radius 1 is 1.44 bits per heavy atom. The molecule has 1 heterocycles. The number of nitrogens with zero attached hydrogens (tertiary/aromatic N) is 1. The molecule has 96 valence electrons. The van der Waals surface area contributed by atoms with Crippen LogP contribution in [0, 0.1) is 5.82 Å². The molecule has 6 nitrogen and oxygen atoms in total. The number of rotatable bonds is 4. The molecule has 2 aromatic rings. The lowest BCUT2D eigenvalue weighted by Gasteiger charge is -2.10. The normalized spacial score (nSPS) is 11.4. The predicted octanol–water partition coefficient (Wildman–Crippen LogP) is 0.808. The molecule has 0 radical (unpaired) electrons. The number of hydrogen-bond acceptors (Lipinski definition) is 4. The van der Waals surface area contributed by atoms with Gasteiger partial charge in [-0.1, -0.05) is 6.07 Å². The second-order valence-electron chi connectivity index (χ2n) is 3.46. The minimum absolute atomic E-state index is 0.0576. The van der Waals surface area contributed by atoms with Crippen molar-refractivity contribution in [1.29, 1.82) is 0 Å². The van der Waals surface area contributed by atoms with Gasteiger partial charge in [0.2, 0.25) is 5.95 Å². The summed E-state index contributed by atoms with van der Waals surface area (Å²) in [4.78, 5) is 6.13. The Bertz CT molecular complexity index is 640. The van der Waals surface area contributed by atoms with Crippen LogP contribution in [0.2, 0.25) is 0 Å². The Kier molecular flexibility index (Phi) is 3.30. The molecule has 18 heavy (non-hydrogen) atoms. The van der Waals surface area contributed by atoms with Gasteiger partial charge in [0, 0.05) is 24.5 Å². The van der Waals surface area contributed by atoms with Gasteiger partial charge >= 0.3 is 0 Å². The third kappa shape index (κ3) is 2.34. The lowest BCUT2D eigenvalue weighted by molar-refractivity contribution is 0.585. The van der Waals surface area contributed by atoms with Crippen LogP contribution in [0.25, 0.3) is 0 Å². The van der Waals surface area contributed by atoms with Crippen molar-refractivity contribution in [2.24, 2.45) is 5.73 Å². The topological polar surface area (TPSA) is 101 Å². The van der Waals surface area contributed by atoms with Crippen LogP contribution in [0.15, 0.2) is 35.5 Å². The lowest BCUT2D eigenvalue weighted by Crippen LogP contribution is -2.18. The third-order valence-corrected chi connectivity index (χ3v) is 3.72. The van der Waals surface area contributed by atoms with Gasteiger partial charge < -0.3 is 10.7 Å². The van der Waals surface area contributed by atoms with Gasteiger partial charge in [-0.2, -0.15) is 0 Å². The number of hydrogen-bond donors (Lipinski definition) is 3. The van der Waals surface area contributed by atoms with Gasteiger partial charge in [-0.25, -0.2) is 22.5 Å². The molecule has 0 atom stereocenters. The molecular formula is C10H11FN4O2S. The van der Waals surface area contributed by atoms with E-state index in [1.165, 1.54) is 24.5 Å². The Hall–Kier alpha value is -1.93. The largest absolute Gasteiger partial charge is 0.330 e. The molecule has 0 aliphatic heterocycles. The van der Waals surface area contributed by atoms with Gasteiger partial charge in [0.25, 0.3) is 10.0 Å². The van der Waals surface area contributed by atoms with E-state index in [9.17, 15) is 12.8 Å². The van der Waals surface area contributed by atoms with Crippen molar-refractivity contribution in [2.45, 2.75) is 11.4 Å². The van der Waals surface area contributed by atoms with Crippen molar-refractivity contribution in [3.05, 3.63) is 42.0 Å². The minimum atomic E-state index is -3.91. The highest BCUT2D eigenvalue weighted by Crippen LogP contribution is 2.20. The van der Waals surface area contributed by atoms with Crippen LogP contribution in [-0.4, -0.2) is 18.4 Å². The first kappa shape index (κ1) is 12.5. The highest BCUT2D eigenvalue weighted by Gasteiger charge is 2.21. The number of benzene rings is 1. The summed E-state index contributed by atoms with van der Waals surface area (Å²) in [5.74, 6) is -0.595. The van der Waals surface area contributed by atoms with Crippen LogP contribution in [0.4, 0.5) is 10.3 Å². The zero-order valence-corrected chi connectivity index (χ0v) is 10.0. The maximum Gasteiger partial charge on any atom is 0.264 e. The van der Waals surface area contributed by atoms with Gasteiger partial charge in [0.05, 0.1) is 4.90 Å². The van der Waals surface area contributed by atoms with E-state index in [1.54, 1.807) is 0 Å². The maximum atomic E-state index is 13.5. The molecule has 0 fully saturated rings. The van der Waals surface area contributed by atoms with Gasteiger partial charge in [0.15, 0.2) is 0 Å². The molecule has 8 heteroatoms. The number of nitrogens with two attached hydrogens (primary N) is 1. The predicted molar refractivity (Wildman–Crippen MR) is 63.7 cm³/mol. The number of sulfonamides is 1. The van der Waals surface area contributed by atoms with Crippen molar-refractivity contribution in [2.75, 3.05) is 4.72 Å². The van der Waals surface area contributed by atoms with Gasteiger partial charge in [-0.15, -0.1) is 0 Å². The van der Waals surface area contributed by atoms with Crippen LogP contribution in [-0.2, 0) is 16.6 Å². The van der Waals surface area contributed by atoms with E-state index in [-0.39, 0.29) is 23.0 Å². The molecule has 0 saturated carbocycles. The fourth-order valence-corrected chi connectivity index (χ4v) is 2.73. The molecule has 0 spiro atoms. The highest BCUT2D eigenvalue weighted by atomic mass is 32.2. The van der Waals surface area contributed by atoms with Crippen LogP contribution >= 0.6 is 0 Å². The standard InChI is InChI=1S/C10H11FN4O2S/c11-8-2-1-3-9(7(8)6-12)18(16,17)15-10-13-4-5-14-10/h1-5H,6,12H2,(H2,13,14,15). The summed E-state index contributed by atoms with van der Waals surface area (Å²) in [6.07, 6.45) is 2.86. The number of aromatic amines is 1. The number of halogens is 1. The maximum absolute atomic E-state index is 13.5. The quantitative estimate of drug-likeness (QED) is 0.765. The molecule has 0 aliphatic rings. The minimum Gasteiger partial charge on any atom is -0.330 e. The summed E-state index contributed by atoms with van der Waals surface area (Å²) in [5, 5.41) is 0. The fourth-order valence-electron chi connectivity index (χ4n) is 1.49. The van der Waals surface area contributed by atoms with Crippen LogP contribution in [0.3, 0.4) is 0 Å². The Balaban J connectivity index is 2.44. The first-order valence-electron chi connectivity index (χ1n) is 5.04. The molecule has 0 unspecified atom stereocenters. The average molecular weight is 270 g/mol. The Morgan fingerprint density at radius 2 is 2.22 bits per heavy atom. The first-order chi connectivity index (χ1) is 8.54. The SMILES string of the molecule is NCc1c(F)cccc1S(=O)(=O)Nc1ncc[nH]1. The zero-order valence-electron chi connectivity index (χ0n) is 9.22. The zero-order chi connectivity index (χ0) is 13.2. The molecular weight excluding hydrogens is 259 g/mol. The van der Waals surface area contributed by atoms with Crippen LogP contribution in [0.5, 0.6) is 0 Å². The van der Waals surface area contributed by atoms with Gasteiger partial charge in [0.1, 0.15) is 5.82 Å². The average Bonchev–Trinajstić information content (AvgIpc) is 2.80. The smallest absolute Gasteiger partial charge is 0.264 e. The number of aromatic nitrogens is 2.